The highest BCUT2D eigenvalue weighted by atomic mass is 16.5. The molecule has 0 aromatic carbocycles. The number of aryl methyl sites for hydroxylation is 2. The molecule has 0 unspecified atom stereocenters. The number of ether oxygens (including phenoxy) is 1. The van der Waals surface area contributed by atoms with Crippen LogP contribution in [-0.2, 0) is 22.4 Å². The number of hydrogen-bond acceptors (Lipinski definition) is 6. The van der Waals surface area contributed by atoms with Gasteiger partial charge in [0.05, 0.1) is 17.5 Å². The van der Waals surface area contributed by atoms with Crippen LogP contribution in [0.25, 0.3) is 0 Å². The Kier molecular flexibility index (Phi) is 4.81. The van der Waals surface area contributed by atoms with Crippen LogP contribution < -0.4 is 5.32 Å². The van der Waals surface area contributed by atoms with Gasteiger partial charge in [-0.3, -0.25) is 10.1 Å². The highest BCUT2D eigenvalue weighted by molar-refractivity contribution is 5.96. The third-order valence-corrected chi connectivity index (χ3v) is 3.73. The van der Waals surface area contributed by atoms with Gasteiger partial charge < -0.3 is 4.74 Å². The van der Waals surface area contributed by atoms with Gasteiger partial charge in [-0.2, -0.15) is 5.26 Å². The summed E-state index contributed by atoms with van der Waals surface area (Å²) in [7, 11) is 0. The number of nitrogens with zero attached hydrogens (tertiary/aromatic N) is 4. The first kappa shape index (κ1) is 15.3. The second-order valence-electron chi connectivity index (χ2n) is 5.00. The second kappa shape index (κ2) is 6.59. The van der Waals surface area contributed by atoms with Crippen molar-refractivity contribution in [1.29, 1.82) is 5.26 Å². The molecule has 1 saturated heterocycles. The molecule has 0 radical (unpaired) electrons. The molecule has 2 rings (SSSR count). The summed E-state index contributed by atoms with van der Waals surface area (Å²) < 4.78 is 5.22. The molecule has 0 bridgehead atoms. The van der Waals surface area contributed by atoms with E-state index in [4.69, 9.17) is 4.74 Å². The SMILES string of the molecule is CCc1nnc(NC(=O)C2(C#N)CCOCC2)nc1CC. The Bertz CT molecular complexity index is 561. The van der Waals surface area contributed by atoms with Crippen LogP contribution in [0.5, 0.6) is 0 Å². The lowest BCUT2D eigenvalue weighted by atomic mass is 9.81. The van der Waals surface area contributed by atoms with Gasteiger partial charge in [-0.25, -0.2) is 4.98 Å². The summed E-state index contributed by atoms with van der Waals surface area (Å²) in [5.74, 6) is -0.212. The maximum Gasteiger partial charge on any atom is 0.249 e. The average molecular weight is 289 g/mol. The van der Waals surface area contributed by atoms with Crippen molar-refractivity contribution in [1.82, 2.24) is 15.2 Å². The standard InChI is InChI=1S/C14H19N5O2/c1-3-10-11(4-2)18-19-13(16-10)17-12(20)14(9-15)5-7-21-8-6-14/h3-8H2,1-2H3,(H,16,17,19,20). The van der Waals surface area contributed by atoms with E-state index < -0.39 is 5.41 Å². The molecule has 0 aliphatic carbocycles. The summed E-state index contributed by atoms with van der Waals surface area (Å²) in [5.41, 5.74) is 0.592. The fraction of sp³-hybridized carbons (Fsp3) is 0.643. The maximum atomic E-state index is 12.4. The van der Waals surface area contributed by atoms with Gasteiger partial charge in [0.25, 0.3) is 0 Å². The number of carbonyl (C=O) groups excluding carboxylic acids is 1. The summed E-state index contributed by atoms with van der Waals surface area (Å²) in [5, 5.41) is 20.0. The van der Waals surface area contributed by atoms with Gasteiger partial charge >= 0.3 is 0 Å². The number of hydrogen-bond donors (Lipinski definition) is 1. The zero-order valence-corrected chi connectivity index (χ0v) is 12.3. The monoisotopic (exact) mass is 289 g/mol. The van der Waals surface area contributed by atoms with E-state index in [1.54, 1.807) is 0 Å². The van der Waals surface area contributed by atoms with Gasteiger partial charge in [0.15, 0.2) is 0 Å². The minimum absolute atomic E-state index is 0.162. The van der Waals surface area contributed by atoms with Crippen molar-refractivity contribution in [2.24, 2.45) is 5.41 Å². The van der Waals surface area contributed by atoms with Crippen molar-refractivity contribution in [2.45, 2.75) is 39.5 Å². The average Bonchev–Trinajstić information content (AvgIpc) is 2.55. The number of nitrogens with one attached hydrogen (secondary N) is 1. The molecule has 0 spiro atoms. The number of anilines is 1. The van der Waals surface area contributed by atoms with E-state index in [-0.39, 0.29) is 11.9 Å². The van der Waals surface area contributed by atoms with E-state index in [0.717, 1.165) is 24.2 Å². The molecule has 1 amide bonds. The summed E-state index contributed by atoms with van der Waals surface area (Å²) in [6.45, 7) is 4.78. The Labute approximate surface area is 123 Å². The first-order chi connectivity index (χ1) is 10.1. The minimum atomic E-state index is -1.06. The summed E-state index contributed by atoms with van der Waals surface area (Å²) in [4.78, 5) is 16.7. The molecule has 7 heteroatoms. The minimum Gasteiger partial charge on any atom is -0.381 e. The van der Waals surface area contributed by atoms with Gasteiger partial charge in [0.1, 0.15) is 5.41 Å². The third kappa shape index (κ3) is 3.16. The van der Waals surface area contributed by atoms with Crippen LogP contribution >= 0.6 is 0 Å². The lowest BCUT2D eigenvalue weighted by Crippen LogP contribution is -2.40. The Balaban J connectivity index is 2.17. The van der Waals surface area contributed by atoms with E-state index in [1.165, 1.54) is 0 Å². The zero-order chi connectivity index (χ0) is 15.3. The summed E-state index contributed by atoms with van der Waals surface area (Å²) in [6, 6.07) is 2.12. The quantitative estimate of drug-likeness (QED) is 0.895. The Morgan fingerprint density at radius 3 is 2.52 bits per heavy atom. The normalized spacial score (nSPS) is 17.0. The van der Waals surface area contributed by atoms with Crippen molar-refractivity contribution in [3.05, 3.63) is 11.4 Å². The first-order valence-electron chi connectivity index (χ1n) is 7.18. The molecule has 1 aliphatic heterocycles. The van der Waals surface area contributed by atoms with Crippen LogP contribution in [0.3, 0.4) is 0 Å². The van der Waals surface area contributed by atoms with E-state index in [1.807, 2.05) is 13.8 Å². The van der Waals surface area contributed by atoms with E-state index in [0.29, 0.717) is 26.1 Å². The van der Waals surface area contributed by atoms with Crippen LogP contribution in [0.15, 0.2) is 0 Å². The van der Waals surface area contributed by atoms with Crippen molar-refractivity contribution >= 4 is 11.9 Å². The van der Waals surface area contributed by atoms with Crippen molar-refractivity contribution in [3.63, 3.8) is 0 Å². The highest BCUT2D eigenvalue weighted by Crippen LogP contribution is 2.30. The second-order valence-corrected chi connectivity index (χ2v) is 5.00. The molecule has 1 aromatic rings. The summed E-state index contributed by atoms with van der Waals surface area (Å²) >= 11 is 0. The maximum absolute atomic E-state index is 12.4. The van der Waals surface area contributed by atoms with Gasteiger partial charge in [-0.1, -0.05) is 13.8 Å². The fourth-order valence-corrected chi connectivity index (χ4v) is 2.32. The molecule has 0 saturated carbocycles. The molecule has 1 aliphatic rings. The van der Waals surface area contributed by atoms with Crippen LogP contribution in [0.1, 0.15) is 38.1 Å². The predicted molar refractivity (Wildman–Crippen MR) is 75.3 cm³/mol. The van der Waals surface area contributed by atoms with Gasteiger partial charge in [-0.05, 0) is 25.7 Å². The van der Waals surface area contributed by atoms with Gasteiger partial charge in [-0.15, -0.1) is 10.2 Å². The van der Waals surface area contributed by atoms with Gasteiger partial charge in [0.2, 0.25) is 11.9 Å². The van der Waals surface area contributed by atoms with E-state index >= 15 is 0 Å². The third-order valence-electron chi connectivity index (χ3n) is 3.73. The number of amides is 1. The fourth-order valence-electron chi connectivity index (χ4n) is 2.32. The Morgan fingerprint density at radius 2 is 1.95 bits per heavy atom. The molecule has 1 N–H and O–H groups in total. The molecule has 1 fully saturated rings. The molecule has 1 aromatic heterocycles. The molecule has 0 atom stereocenters. The van der Waals surface area contributed by atoms with Crippen LogP contribution in [0.4, 0.5) is 5.95 Å². The number of rotatable bonds is 4. The molecular weight excluding hydrogens is 270 g/mol. The van der Waals surface area contributed by atoms with Crippen LogP contribution in [0.2, 0.25) is 0 Å². The van der Waals surface area contributed by atoms with E-state index in [2.05, 4.69) is 26.6 Å². The first-order valence-corrected chi connectivity index (χ1v) is 7.18. The molecule has 7 nitrogen and oxygen atoms in total. The van der Waals surface area contributed by atoms with Crippen LogP contribution in [0, 0.1) is 16.7 Å². The molecule has 2 heterocycles. The summed E-state index contributed by atoms with van der Waals surface area (Å²) in [6.07, 6.45) is 2.24. The lowest BCUT2D eigenvalue weighted by Gasteiger charge is -2.28. The Hall–Kier alpha value is -2.07. The van der Waals surface area contributed by atoms with Crippen molar-refractivity contribution < 1.29 is 9.53 Å². The number of carbonyl (C=O) groups is 1. The topological polar surface area (TPSA) is 101 Å². The molecule has 21 heavy (non-hydrogen) atoms. The Morgan fingerprint density at radius 1 is 1.29 bits per heavy atom. The number of nitriles is 1. The van der Waals surface area contributed by atoms with Crippen molar-refractivity contribution in [3.8, 4) is 6.07 Å². The lowest BCUT2D eigenvalue weighted by molar-refractivity contribution is -0.127. The molecule has 112 valence electrons. The smallest absolute Gasteiger partial charge is 0.249 e. The molecular formula is C14H19N5O2. The van der Waals surface area contributed by atoms with Gasteiger partial charge in [0, 0.05) is 13.2 Å². The predicted octanol–water partition coefficient (Wildman–Crippen LogP) is 1.26. The van der Waals surface area contributed by atoms with Crippen LogP contribution in [-0.4, -0.2) is 34.3 Å². The number of aromatic nitrogens is 3. The largest absolute Gasteiger partial charge is 0.381 e. The van der Waals surface area contributed by atoms with E-state index in [9.17, 15) is 10.1 Å². The van der Waals surface area contributed by atoms with Crippen molar-refractivity contribution in [2.75, 3.05) is 18.5 Å². The highest BCUT2D eigenvalue weighted by Gasteiger charge is 2.40. The zero-order valence-electron chi connectivity index (χ0n) is 12.3.